The number of unbranched alkanes of at least 4 members (excludes halogenated alkanes) is 7. The van der Waals surface area contributed by atoms with Crippen LogP contribution < -0.4 is 5.73 Å². The number of hydrogen-bond acceptors (Lipinski definition) is 2. The predicted molar refractivity (Wildman–Crippen MR) is 87.4 cm³/mol. The van der Waals surface area contributed by atoms with E-state index in [1.165, 1.54) is 57.8 Å². The average Bonchev–Trinajstić information content (AvgIpc) is 2.29. The zero-order valence-electron chi connectivity index (χ0n) is 13.1. The van der Waals surface area contributed by atoms with Crippen LogP contribution in [-0.2, 0) is 0 Å². The van der Waals surface area contributed by atoms with Crippen molar-refractivity contribution in [3.05, 3.63) is 0 Å². The maximum atomic E-state index is 6.14. The van der Waals surface area contributed by atoms with Gasteiger partial charge in [-0.3, -0.25) is 0 Å². The highest BCUT2D eigenvalue weighted by Gasteiger charge is 2.12. The van der Waals surface area contributed by atoms with Gasteiger partial charge in [0.25, 0.3) is 0 Å². The Morgan fingerprint density at radius 2 is 1.39 bits per heavy atom. The van der Waals surface area contributed by atoms with Gasteiger partial charge in [-0.2, -0.15) is 11.8 Å². The second kappa shape index (κ2) is 11.2. The molecule has 1 nitrogen and oxygen atoms in total. The summed E-state index contributed by atoms with van der Waals surface area (Å²) in [6.45, 7) is 9.07. The highest BCUT2D eigenvalue weighted by Crippen LogP contribution is 2.24. The average molecular weight is 274 g/mol. The smallest absolute Gasteiger partial charge is 0.0130 e. The molecule has 1 atom stereocenters. The van der Waals surface area contributed by atoms with Gasteiger partial charge in [0.05, 0.1) is 0 Å². The Labute approximate surface area is 120 Å². The van der Waals surface area contributed by atoms with Crippen LogP contribution in [0, 0.1) is 0 Å². The molecule has 0 amide bonds. The van der Waals surface area contributed by atoms with E-state index in [4.69, 9.17) is 5.73 Å². The third kappa shape index (κ3) is 14.4. The van der Waals surface area contributed by atoms with Gasteiger partial charge in [-0.25, -0.2) is 0 Å². The molecular weight excluding hydrogens is 238 g/mol. The van der Waals surface area contributed by atoms with Crippen molar-refractivity contribution >= 4 is 11.8 Å². The van der Waals surface area contributed by atoms with Gasteiger partial charge in [0.2, 0.25) is 0 Å². The van der Waals surface area contributed by atoms with Crippen molar-refractivity contribution in [3.63, 3.8) is 0 Å². The summed E-state index contributed by atoms with van der Waals surface area (Å²) in [5.41, 5.74) is 6.14. The van der Waals surface area contributed by atoms with E-state index in [0.717, 1.165) is 5.75 Å². The fourth-order valence-corrected chi connectivity index (χ4v) is 2.86. The van der Waals surface area contributed by atoms with Crippen LogP contribution in [0.1, 0.15) is 85.5 Å². The van der Waals surface area contributed by atoms with E-state index in [-0.39, 0.29) is 0 Å². The fraction of sp³-hybridized carbons (Fsp3) is 1.00. The molecule has 0 aromatic rings. The molecule has 2 heteroatoms. The number of hydrogen-bond donors (Lipinski definition) is 1. The molecule has 0 fully saturated rings. The lowest BCUT2D eigenvalue weighted by atomic mass is 10.1. The van der Waals surface area contributed by atoms with Crippen molar-refractivity contribution in [2.45, 2.75) is 96.3 Å². The van der Waals surface area contributed by atoms with Gasteiger partial charge in [-0.15, -0.1) is 0 Å². The first-order valence-electron chi connectivity index (χ1n) is 7.85. The van der Waals surface area contributed by atoms with Crippen LogP contribution in [0.3, 0.4) is 0 Å². The Morgan fingerprint density at radius 3 is 1.89 bits per heavy atom. The molecule has 110 valence electrons. The highest BCUT2D eigenvalue weighted by molar-refractivity contribution is 8.00. The van der Waals surface area contributed by atoms with Crippen LogP contribution in [0.4, 0.5) is 0 Å². The maximum Gasteiger partial charge on any atom is 0.0130 e. The summed E-state index contributed by atoms with van der Waals surface area (Å²) in [5.74, 6) is 1.11. The molecule has 0 radical (unpaired) electrons. The van der Waals surface area contributed by atoms with Gasteiger partial charge < -0.3 is 5.73 Å². The normalized spacial score (nSPS) is 13.8. The summed E-state index contributed by atoms with van der Waals surface area (Å²) in [7, 11) is 0. The first-order chi connectivity index (χ1) is 8.45. The zero-order chi connectivity index (χ0) is 13.9. The van der Waals surface area contributed by atoms with Crippen molar-refractivity contribution in [1.82, 2.24) is 0 Å². The molecule has 2 N–H and O–H groups in total. The first-order valence-corrected chi connectivity index (χ1v) is 8.84. The summed E-state index contributed by atoms with van der Waals surface area (Å²) in [6.07, 6.45) is 12.3. The van der Waals surface area contributed by atoms with E-state index in [2.05, 4.69) is 27.7 Å². The highest BCUT2D eigenvalue weighted by atomic mass is 32.2. The van der Waals surface area contributed by atoms with Gasteiger partial charge in [0.15, 0.2) is 0 Å². The van der Waals surface area contributed by atoms with Crippen LogP contribution in [0.15, 0.2) is 0 Å². The van der Waals surface area contributed by atoms with E-state index in [9.17, 15) is 0 Å². The quantitative estimate of drug-likeness (QED) is 0.512. The molecule has 0 aliphatic rings. The van der Waals surface area contributed by atoms with Crippen molar-refractivity contribution in [2.75, 3.05) is 5.75 Å². The van der Waals surface area contributed by atoms with E-state index in [1.54, 1.807) is 0 Å². The molecule has 0 spiro atoms. The van der Waals surface area contributed by atoms with Crippen LogP contribution >= 0.6 is 11.8 Å². The van der Waals surface area contributed by atoms with Crippen molar-refractivity contribution in [1.29, 1.82) is 0 Å². The molecule has 0 aliphatic heterocycles. The van der Waals surface area contributed by atoms with Gasteiger partial charge in [0, 0.05) is 16.5 Å². The van der Waals surface area contributed by atoms with E-state index < -0.39 is 0 Å². The molecule has 18 heavy (non-hydrogen) atoms. The van der Waals surface area contributed by atoms with Crippen LogP contribution in [0.2, 0.25) is 0 Å². The summed E-state index contributed by atoms with van der Waals surface area (Å²) < 4.78 is 0.358. The van der Waals surface area contributed by atoms with Gasteiger partial charge >= 0.3 is 0 Å². The second-order valence-electron chi connectivity index (χ2n) is 6.45. The number of rotatable bonds is 11. The summed E-state index contributed by atoms with van der Waals surface area (Å²) in [4.78, 5) is 0. The lowest BCUT2D eigenvalue weighted by Gasteiger charge is -2.20. The molecule has 0 saturated carbocycles. The van der Waals surface area contributed by atoms with Crippen LogP contribution in [0.25, 0.3) is 0 Å². The molecule has 0 rings (SSSR count). The maximum absolute atomic E-state index is 6.14. The standard InChI is InChI=1S/C16H35NS/c1-5-6-7-8-9-10-11-12-13-15(17)14-18-16(2,3)4/h15H,5-14,17H2,1-4H3. The van der Waals surface area contributed by atoms with Gasteiger partial charge in [-0.1, -0.05) is 79.1 Å². The monoisotopic (exact) mass is 273 g/mol. The zero-order valence-corrected chi connectivity index (χ0v) is 14.0. The molecule has 0 aromatic carbocycles. The SMILES string of the molecule is CCCCCCCCCCC(N)CSC(C)(C)C. The largest absolute Gasteiger partial charge is 0.327 e. The first kappa shape index (κ1) is 18.3. The number of thioether (sulfide) groups is 1. The Balaban J connectivity index is 3.23. The van der Waals surface area contributed by atoms with E-state index in [0.29, 0.717) is 10.8 Å². The minimum atomic E-state index is 0.358. The summed E-state index contributed by atoms with van der Waals surface area (Å²) >= 11 is 1.99. The predicted octanol–water partition coefficient (Wildman–Crippen LogP) is 5.38. The van der Waals surface area contributed by atoms with Gasteiger partial charge in [-0.05, 0) is 6.42 Å². The van der Waals surface area contributed by atoms with Gasteiger partial charge in [0.1, 0.15) is 0 Å². The second-order valence-corrected chi connectivity index (χ2v) is 8.29. The summed E-state index contributed by atoms with van der Waals surface area (Å²) in [6, 6.07) is 0.398. The third-order valence-electron chi connectivity index (χ3n) is 3.16. The summed E-state index contributed by atoms with van der Waals surface area (Å²) in [5, 5.41) is 0. The van der Waals surface area contributed by atoms with Crippen LogP contribution in [0.5, 0.6) is 0 Å². The Morgan fingerprint density at radius 1 is 0.889 bits per heavy atom. The van der Waals surface area contributed by atoms with E-state index in [1.807, 2.05) is 11.8 Å². The Kier molecular flexibility index (Phi) is 11.4. The van der Waals surface area contributed by atoms with E-state index >= 15 is 0 Å². The lowest BCUT2D eigenvalue weighted by Crippen LogP contribution is -2.25. The molecule has 0 saturated heterocycles. The van der Waals surface area contributed by atoms with Crippen molar-refractivity contribution in [2.24, 2.45) is 5.73 Å². The number of nitrogens with two attached hydrogens (primary N) is 1. The molecule has 1 unspecified atom stereocenters. The minimum absolute atomic E-state index is 0.358. The van der Waals surface area contributed by atoms with Crippen LogP contribution in [-0.4, -0.2) is 16.5 Å². The molecular formula is C16H35NS. The van der Waals surface area contributed by atoms with Crippen molar-refractivity contribution in [3.8, 4) is 0 Å². The Hall–Kier alpha value is 0.310. The topological polar surface area (TPSA) is 26.0 Å². The fourth-order valence-electron chi connectivity index (χ4n) is 1.98. The molecule has 0 bridgehead atoms. The molecule has 0 aliphatic carbocycles. The third-order valence-corrected chi connectivity index (χ3v) is 4.62. The molecule has 0 heterocycles. The molecule has 0 aromatic heterocycles. The Bertz CT molecular complexity index is 174. The lowest BCUT2D eigenvalue weighted by molar-refractivity contribution is 0.543. The van der Waals surface area contributed by atoms with Crippen molar-refractivity contribution < 1.29 is 0 Å². The minimum Gasteiger partial charge on any atom is -0.327 e.